The minimum Gasteiger partial charge on any atom is -0.444 e. The highest BCUT2D eigenvalue weighted by atomic mass is 127. The lowest BCUT2D eigenvalue weighted by atomic mass is 10.2. The number of carbonyl (C=O) groups is 1. The first-order valence-corrected chi connectivity index (χ1v) is 10.0. The number of likely N-dealkylation sites (N-methyl/N-ethyl adjacent to an activating group) is 1. The molecule has 1 rings (SSSR count). The van der Waals surface area contributed by atoms with Crippen LogP contribution in [0.25, 0.3) is 0 Å². The van der Waals surface area contributed by atoms with Crippen molar-refractivity contribution in [3.63, 3.8) is 0 Å². The average molecular weight is 497 g/mol. The van der Waals surface area contributed by atoms with E-state index in [1.807, 2.05) is 20.8 Å². The quantitative estimate of drug-likeness (QED) is 0.307. The minimum absolute atomic E-state index is 0. The molecule has 1 aliphatic rings. The molecule has 1 aliphatic heterocycles. The van der Waals surface area contributed by atoms with E-state index >= 15 is 0 Å². The predicted octanol–water partition coefficient (Wildman–Crippen LogP) is 2.90. The molecule has 0 saturated carbocycles. The summed E-state index contributed by atoms with van der Waals surface area (Å²) in [5.74, 6) is 0.938. The molecule has 7 nitrogen and oxygen atoms in total. The third-order valence-corrected chi connectivity index (χ3v) is 4.21. The number of carbonyl (C=O) groups excluding carboxylic acids is 1. The molecule has 0 aliphatic carbocycles. The Morgan fingerprint density at radius 2 is 1.96 bits per heavy atom. The fourth-order valence-electron chi connectivity index (χ4n) is 3.01. The Morgan fingerprint density at radius 1 is 1.26 bits per heavy atom. The second-order valence-corrected chi connectivity index (χ2v) is 7.75. The number of aliphatic imine (C=N–C) groups is 1. The first-order chi connectivity index (χ1) is 12.3. The van der Waals surface area contributed by atoms with Crippen molar-refractivity contribution in [3.8, 4) is 0 Å². The number of likely N-dealkylation sites (tertiary alicyclic amines) is 1. The van der Waals surface area contributed by atoms with E-state index in [0.717, 1.165) is 58.2 Å². The van der Waals surface area contributed by atoms with Crippen molar-refractivity contribution in [3.05, 3.63) is 0 Å². The van der Waals surface area contributed by atoms with Gasteiger partial charge in [0.15, 0.2) is 5.96 Å². The number of amides is 1. The van der Waals surface area contributed by atoms with Gasteiger partial charge in [0, 0.05) is 26.2 Å². The van der Waals surface area contributed by atoms with Crippen molar-refractivity contribution in [2.75, 3.05) is 45.8 Å². The molecule has 0 spiro atoms. The molecule has 1 heterocycles. The van der Waals surface area contributed by atoms with Gasteiger partial charge in [0.25, 0.3) is 0 Å². The van der Waals surface area contributed by atoms with Crippen molar-refractivity contribution in [1.82, 2.24) is 20.4 Å². The number of hydrogen-bond acceptors (Lipinski definition) is 4. The van der Waals surface area contributed by atoms with Crippen LogP contribution in [-0.2, 0) is 4.74 Å². The van der Waals surface area contributed by atoms with Crippen LogP contribution < -0.4 is 10.6 Å². The summed E-state index contributed by atoms with van der Waals surface area (Å²) in [6, 6.07) is 0.0981. The molecule has 1 amide bonds. The SMILES string of the molecule is CCCN(CC)CCN=C(NCC)N1CCC(NC(=O)OC(C)(C)C)C1.I. The van der Waals surface area contributed by atoms with Gasteiger partial charge >= 0.3 is 6.09 Å². The average Bonchev–Trinajstić information content (AvgIpc) is 2.99. The van der Waals surface area contributed by atoms with Crippen molar-refractivity contribution in [1.29, 1.82) is 0 Å². The largest absolute Gasteiger partial charge is 0.444 e. The summed E-state index contributed by atoms with van der Waals surface area (Å²) in [6.45, 7) is 18.5. The second-order valence-electron chi connectivity index (χ2n) is 7.75. The Balaban J connectivity index is 0.00000676. The van der Waals surface area contributed by atoms with Crippen LogP contribution in [0, 0.1) is 0 Å². The molecular formula is C19H40IN5O2. The number of nitrogens with zero attached hydrogens (tertiary/aromatic N) is 3. The van der Waals surface area contributed by atoms with Gasteiger partial charge in [-0.1, -0.05) is 13.8 Å². The molecule has 160 valence electrons. The smallest absolute Gasteiger partial charge is 0.407 e. The van der Waals surface area contributed by atoms with E-state index in [1.165, 1.54) is 6.42 Å². The summed E-state index contributed by atoms with van der Waals surface area (Å²) >= 11 is 0. The topological polar surface area (TPSA) is 69.2 Å². The molecule has 1 unspecified atom stereocenters. The minimum atomic E-state index is -0.470. The maximum absolute atomic E-state index is 12.0. The summed E-state index contributed by atoms with van der Waals surface area (Å²) in [7, 11) is 0. The number of ether oxygens (including phenoxy) is 1. The lowest BCUT2D eigenvalue weighted by Gasteiger charge is -2.24. The monoisotopic (exact) mass is 497 g/mol. The van der Waals surface area contributed by atoms with Crippen LogP contribution in [0.15, 0.2) is 4.99 Å². The molecular weight excluding hydrogens is 457 g/mol. The molecule has 1 saturated heterocycles. The summed E-state index contributed by atoms with van der Waals surface area (Å²) in [5, 5.41) is 6.34. The standard InChI is InChI=1S/C19H39N5O2.HI/c1-7-12-23(9-3)14-11-21-17(20-8-2)24-13-10-16(15-24)22-18(25)26-19(4,5)6;/h16H,7-15H2,1-6H3,(H,20,21)(H,22,25);1H. The van der Waals surface area contributed by atoms with Gasteiger partial charge in [-0.25, -0.2) is 4.79 Å². The first-order valence-electron chi connectivity index (χ1n) is 10.0. The van der Waals surface area contributed by atoms with Crippen molar-refractivity contribution in [2.24, 2.45) is 4.99 Å². The normalized spacial score (nSPS) is 17.7. The molecule has 2 N–H and O–H groups in total. The maximum atomic E-state index is 12.0. The van der Waals surface area contributed by atoms with Crippen LogP contribution in [-0.4, -0.2) is 79.3 Å². The highest BCUT2D eigenvalue weighted by Crippen LogP contribution is 2.12. The van der Waals surface area contributed by atoms with Gasteiger partial charge in [-0.15, -0.1) is 24.0 Å². The van der Waals surface area contributed by atoms with Crippen molar-refractivity contribution < 1.29 is 9.53 Å². The molecule has 0 bridgehead atoms. The van der Waals surface area contributed by atoms with E-state index in [1.54, 1.807) is 0 Å². The number of halogens is 1. The third kappa shape index (κ3) is 11.0. The van der Waals surface area contributed by atoms with E-state index in [4.69, 9.17) is 9.73 Å². The highest BCUT2D eigenvalue weighted by Gasteiger charge is 2.27. The Bertz CT molecular complexity index is 454. The number of rotatable bonds is 8. The molecule has 8 heteroatoms. The van der Waals surface area contributed by atoms with Crippen LogP contribution in [0.3, 0.4) is 0 Å². The van der Waals surface area contributed by atoms with Gasteiger partial charge in [-0.05, 0) is 53.6 Å². The number of guanidine groups is 1. The van der Waals surface area contributed by atoms with Gasteiger partial charge in [0.2, 0.25) is 0 Å². The van der Waals surface area contributed by atoms with E-state index < -0.39 is 5.60 Å². The first kappa shape index (κ1) is 26.2. The molecule has 1 fully saturated rings. The van der Waals surface area contributed by atoms with Crippen LogP contribution in [0.4, 0.5) is 4.79 Å². The van der Waals surface area contributed by atoms with Crippen LogP contribution in [0.2, 0.25) is 0 Å². The summed E-state index contributed by atoms with van der Waals surface area (Å²) < 4.78 is 5.35. The van der Waals surface area contributed by atoms with Gasteiger partial charge in [0.05, 0.1) is 12.6 Å². The Hall–Kier alpha value is -0.770. The second kappa shape index (κ2) is 13.4. The summed E-state index contributed by atoms with van der Waals surface area (Å²) in [6.07, 6.45) is 1.73. The fraction of sp³-hybridized carbons (Fsp3) is 0.895. The lowest BCUT2D eigenvalue weighted by Crippen LogP contribution is -2.44. The summed E-state index contributed by atoms with van der Waals surface area (Å²) in [4.78, 5) is 21.4. The third-order valence-electron chi connectivity index (χ3n) is 4.21. The van der Waals surface area contributed by atoms with Crippen LogP contribution in [0.5, 0.6) is 0 Å². The van der Waals surface area contributed by atoms with Crippen molar-refractivity contribution in [2.45, 2.75) is 66.0 Å². The van der Waals surface area contributed by atoms with Gasteiger partial charge in [-0.2, -0.15) is 0 Å². The zero-order valence-corrected chi connectivity index (χ0v) is 20.3. The zero-order valence-electron chi connectivity index (χ0n) is 18.0. The Morgan fingerprint density at radius 3 is 2.52 bits per heavy atom. The van der Waals surface area contributed by atoms with E-state index in [9.17, 15) is 4.79 Å². The number of nitrogens with one attached hydrogen (secondary N) is 2. The number of hydrogen-bond donors (Lipinski definition) is 2. The Labute approximate surface area is 182 Å². The zero-order chi connectivity index (χ0) is 19.6. The number of alkyl carbamates (subject to hydrolysis) is 1. The predicted molar refractivity (Wildman–Crippen MR) is 123 cm³/mol. The van der Waals surface area contributed by atoms with Gasteiger partial charge < -0.3 is 25.2 Å². The lowest BCUT2D eigenvalue weighted by molar-refractivity contribution is 0.0507. The highest BCUT2D eigenvalue weighted by molar-refractivity contribution is 14.0. The Kier molecular flexibility index (Phi) is 13.0. The van der Waals surface area contributed by atoms with Crippen LogP contribution >= 0.6 is 24.0 Å². The maximum Gasteiger partial charge on any atom is 0.407 e. The van der Waals surface area contributed by atoms with E-state index in [2.05, 4.69) is 41.2 Å². The van der Waals surface area contributed by atoms with Gasteiger partial charge in [-0.3, -0.25) is 4.99 Å². The molecule has 0 radical (unpaired) electrons. The fourth-order valence-corrected chi connectivity index (χ4v) is 3.01. The summed E-state index contributed by atoms with van der Waals surface area (Å²) in [5.41, 5.74) is -0.470. The van der Waals surface area contributed by atoms with Crippen LogP contribution in [0.1, 0.15) is 54.4 Å². The molecule has 0 aromatic rings. The molecule has 27 heavy (non-hydrogen) atoms. The van der Waals surface area contributed by atoms with E-state index in [-0.39, 0.29) is 36.1 Å². The van der Waals surface area contributed by atoms with Crippen molar-refractivity contribution >= 4 is 36.0 Å². The molecule has 0 aromatic heterocycles. The molecule has 0 aromatic carbocycles. The van der Waals surface area contributed by atoms with E-state index in [0.29, 0.717) is 0 Å². The van der Waals surface area contributed by atoms with Gasteiger partial charge in [0.1, 0.15) is 5.60 Å². The molecule has 1 atom stereocenters.